The number of hydrogen-bond donors (Lipinski definition) is 2. The Labute approximate surface area is 104 Å². The first kappa shape index (κ1) is 13.7. The molecule has 0 saturated carbocycles. The van der Waals surface area contributed by atoms with Crippen molar-refractivity contribution in [3.63, 3.8) is 0 Å². The quantitative estimate of drug-likeness (QED) is 0.730. The first-order valence-electron chi connectivity index (χ1n) is 5.23. The number of carbonyl (C=O) groups excluding carboxylic acids is 2. The molecule has 2 N–H and O–H groups in total. The fourth-order valence-corrected chi connectivity index (χ4v) is 1.94. The second-order valence-corrected chi connectivity index (χ2v) is 4.72. The molecule has 0 atom stereocenters. The first-order valence-corrected chi connectivity index (χ1v) is 6.05. The van der Waals surface area contributed by atoms with Crippen molar-refractivity contribution in [2.75, 3.05) is 26.8 Å². The van der Waals surface area contributed by atoms with Gasteiger partial charge in [-0.15, -0.1) is 11.3 Å². The topological polar surface area (TPSA) is 67.4 Å². The van der Waals surface area contributed by atoms with E-state index in [0.717, 1.165) is 4.88 Å². The summed E-state index contributed by atoms with van der Waals surface area (Å²) in [4.78, 5) is 24.6. The van der Waals surface area contributed by atoms with E-state index in [1.807, 2.05) is 13.0 Å². The van der Waals surface area contributed by atoms with Crippen LogP contribution in [0, 0.1) is 6.92 Å². The Bertz CT molecular complexity index is 390. The highest BCUT2D eigenvalue weighted by atomic mass is 32.1. The first-order chi connectivity index (χ1) is 8.13. The largest absolute Gasteiger partial charge is 0.383 e. The lowest BCUT2D eigenvalue weighted by molar-refractivity contribution is -0.120. The minimum atomic E-state index is -0.219. The van der Waals surface area contributed by atoms with Crippen LogP contribution in [-0.4, -0.2) is 38.6 Å². The SMILES string of the molecule is COCCNC(=O)CNC(=O)c1ccc(C)s1. The van der Waals surface area contributed by atoms with E-state index >= 15 is 0 Å². The Morgan fingerprint density at radius 2 is 2.12 bits per heavy atom. The predicted molar refractivity (Wildman–Crippen MR) is 66.3 cm³/mol. The van der Waals surface area contributed by atoms with Gasteiger partial charge in [0.2, 0.25) is 5.91 Å². The molecule has 1 heterocycles. The summed E-state index contributed by atoms with van der Waals surface area (Å²) in [7, 11) is 1.56. The Morgan fingerprint density at radius 3 is 2.71 bits per heavy atom. The lowest BCUT2D eigenvalue weighted by atomic mass is 10.4. The van der Waals surface area contributed by atoms with Crippen LogP contribution in [0.25, 0.3) is 0 Å². The van der Waals surface area contributed by atoms with E-state index in [0.29, 0.717) is 18.0 Å². The molecule has 0 aliphatic carbocycles. The number of hydrogen-bond acceptors (Lipinski definition) is 4. The molecule has 6 heteroatoms. The average molecular weight is 256 g/mol. The molecule has 0 bridgehead atoms. The van der Waals surface area contributed by atoms with Crippen molar-refractivity contribution in [3.8, 4) is 0 Å². The van der Waals surface area contributed by atoms with Crippen molar-refractivity contribution in [2.24, 2.45) is 0 Å². The zero-order valence-electron chi connectivity index (χ0n) is 9.91. The van der Waals surface area contributed by atoms with Crippen molar-refractivity contribution in [1.29, 1.82) is 0 Å². The predicted octanol–water partition coefficient (Wildman–Crippen LogP) is 0.549. The molecule has 0 unspecified atom stereocenters. The highest BCUT2D eigenvalue weighted by Gasteiger charge is 2.09. The van der Waals surface area contributed by atoms with Crippen LogP contribution in [0.5, 0.6) is 0 Å². The lowest BCUT2D eigenvalue weighted by Gasteiger charge is -2.05. The Morgan fingerprint density at radius 1 is 1.35 bits per heavy atom. The summed E-state index contributed by atoms with van der Waals surface area (Å²) in [5.41, 5.74) is 0. The van der Waals surface area contributed by atoms with Gasteiger partial charge in [0.1, 0.15) is 0 Å². The van der Waals surface area contributed by atoms with Crippen LogP contribution >= 0.6 is 11.3 Å². The van der Waals surface area contributed by atoms with Gasteiger partial charge in [0.25, 0.3) is 5.91 Å². The second kappa shape index (κ2) is 7.03. The van der Waals surface area contributed by atoms with Crippen molar-refractivity contribution in [3.05, 3.63) is 21.9 Å². The molecule has 0 saturated heterocycles. The normalized spacial score (nSPS) is 10.0. The summed E-state index contributed by atoms with van der Waals surface area (Å²) >= 11 is 1.41. The number of carbonyl (C=O) groups is 2. The molecule has 2 amide bonds. The van der Waals surface area contributed by atoms with E-state index in [1.54, 1.807) is 13.2 Å². The van der Waals surface area contributed by atoms with Gasteiger partial charge in [0.05, 0.1) is 18.0 Å². The molecular formula is C11H16N2O3S. The lowest BCUT2D eigenvalue weighted by Crippen LogP contribution is -2.37. The smallest absolute Gasteiger partial charge is 0.261 e. The van der Waals surface area contributed by atoms with E-state index in [2.05, 4.69) is 10.6 Å². The van der Waals surface area contributed by atoms with E-state index in [-0.39, 0.29) is 18.4 Å². The van der Waals surface area contributed by atoms with E-state index in [4.69, 9.17) is 4.74 Å². The van der Waals surface area contributed by atoms with Crippen LogP contribution in [-0.2, 0) is 9.53 Å². The summed E-state index contributed by atoms with van der Waals surface area (Å²) in [6.07, 6.45) is 0. The minimum Gasteiger partial charge on any atom is -0.383 e. The fourth-order valence-electron chi connectivity index (χ4n) is 1.16. The molecule has 5 nitrogen and oxygen atoms in total. The second-order valence-electron chi connectivity index (χ2n) is 3.44. The van der Waals surface area contributed by atoms with E-state index in [1.165, 1.54) is 11.3 Å². The standard InChI is InChI=1S/C11H16N2O3S/c1-8-3-4-9(17-8)11(15)13-7-10(14)12-5-6-16-2/h3-4H,5-7H2,1-2H3,(H,12,14)(H,13,15). The van der Waals surface area contributed by atoms with Gasteiger partial charge >= 0.3 is 0 Å². The highest BCUT2D eigenvalue weighted by Crippen LogP contribution is 2.14. The van der Waals surface area contributed by atoms with Gasteiger partial charge in [-0.05, 0) is 19.1 Å². The summed E-state index contributed by atoms with van der Waals surface area (Å²) in [5.74, 6) is -0.436. The Hall–Kier alpha value is -1.40. The summed E-state index contributed by atoms with van der Waals surface area (Å²) in [6.45, 7) is 2.82. The summed E-state index contributed by atoms with van der Waals surface area (Å²) in [6, 6.07) is 3.62. The minimum absolute atomic E-state index is 0.0144. The van der Waals surface area contributed by atoms with Crippen LogP contribution in [0.1, 0.15) is 14.5 Å². The number of nitrogens with one attached hydrogen (secondary N) is 2. The van der Waals surface area contributed by atoms with Gasteiger partial charge in [-0.25, -0.2) is 0 Å². The molecule has 0 fully saturated rings. The number of rotatable bonds is 6. The number of methoxy groups -OCH3 is 1. The highest BCUT2D eigenvalue weighted by molar-refractivity contribution is 7.13. The molecule has 1 rings (SSSR count). The van der Waals surface area contributed by atoms with E-state index < -0.39 is 0 Å². The maximum Gasteiger partial charge on any atom is 0.261 e. The van der Waals surface area contributed by atoms with E-state index in [9.17, 15) is 9.59 Å². The third kappa shape index (κ3) is 4.97. The van der Waals surface area contributed by atoms with Crippen molar-refractivity contribution in [2.45, 2.75) is 6.92 Å². The van der Waals surface area contributed by atoms with Gasteiger partial charge < -0.3 is 15.4 Å². The summed E-state index contributed by atoms with van der Waals surface area (Å²) < 4.78 is 4.79. The maximum absolute atomic E-state index is 11.6. The van der Waals surface area contributed by atoms with Crippen LogP contribution < -0.4 is 10.6 Å². The summed E-state index contributed by atoms with van der Waals surface area (Å²) in [5, 5.41) is 5.18. The number of ether oxygens (including phenoxy) is 1. The van der Waals surface area contributed by atoms with Crippen LogP contribution in [0.15, 0.2) is 12.1 Å². The van der Waals surface area contributed by atoms with Gasteiger partial charge in [-0.3, -0.25) is 9.59 Å². The monoisotopic (exact) mass is 256 g/mol. The van der Waals surface area contributed by atoms with Crippen LogP contribution in [0.4, 0.5) is 0 Å². The average Bonchev–Trinajstić information content (AvgIpc) is 2.73. The zero-order chi connectivity index (χ0) is 12.7. The Kier molecular flexibility index (Phi) is 5.65. The molecule has 0 aromatic carbocycles. The Balaban J connectivity index is 2.26. The van der Waals surface area contributed by atoms with Gasteiger partial charge in [-0.2, -0.15) is 0 Å². The van der Waals surface area contributed by atoms with Crippen LogP contribution in [0.2, 0.25) is 0 Å². The van der Waals surface area contributed by atoms with Gasteiger partial charge in [0, 0.05) is 18.5 Å². The third-order valence-corrected chi connectivity index (χ3v) is 3.00. The molecule has 0 aliphatic heterocycles. The molecule has 0 radical (unpaired) electrons. The van der Waals surface area contributed by atoms with Crippen molar-refractivity contribution >= 4 is 23.2 Å². The molecule has 0 aliphatic rings. The maximum atomic E-state index is 11.6. The number of aryl methyl sites for hydroxylation is 1. The third-order valence-electron chi connectivity index (χ3n) is 2.00. The molecule has 94 valence electrons. The van der Waals surface area contributed by atoms with Crippen molar-refractivity contribution in [1.82, 2.24) is 10.6 Å². The van der Waals surface area contributed by atoms with Crippen molar-refractivity contribution < 1.29 is 14.3 Å². The molecule has 1 aromatic heterocycles. The fraction of sp³-hybridized carbons (Fsp3) is 0.455. The molecular weight excluding hydrogens is 240 g/mol. The molecule has 1 aromatic rings. The zero-order valence-corrected chi connectivity index (χ0v) is 10.7. The van der Waals surface area contributed by atoms with Gasteiger partial charge in [-0.1, -0.05) is 0 Å². The molecule has 17 heavy (non-hydrogen) atoms. The van der Waals surface area contributed by atoms with Gasteiger partial charge in [0.15, 0.2) is 0 Å². The number of amides is 2. The number of thiophene rings is 1. The molecule has 0 spiro atoms. The van der Waals surface area contributed by atoms with Crippen LogP contribution in [0.3, 0.4) is 0 Å².